The Kier molecular flexibility index (Phi) is 4.07. The Morgan fingerprint density at radius 3 is 2.76 bits per heavy atom. The summed E-state index contributed by atoms with van der Waals surface area (Å²) in [5.41, 5.74) is 2.20. The van der Waals surface area contributed by atoms with E-state index in [2.05, 4.69) is 15.7 Å². The van der Waals surface area contributed by atoms with Crippen molar-refractivity contribution in [1.82, 2.24) is 20.4 Å². The predicted octanol–water partition coefficient (Wildman–Crippen LogP) is 1.71. The normalized spacial score (nSPS) is 24.2. The van der Waals surface area contributed by atoms with Crippen LogP contribution in [0.1, 0.15) is 29.9 Å². The summed E-state index contributed by atoms with van der Waals surface area (Å²) in [6.07, 6.45) is 5.90. The molecule has 0 bridgehead atoms. The highest BCUT2D eigenvalue weighted by Gasteiger charge is 2.45. The fourth-order valence-corrected chi connectivity index (χ4v) is 3.85. The maximum Gasteiger partial charge on any atom is 0.225 e. The van der Waals surface area contributed by atoms with Gasteiger partial charge in [0.2, 0.25) is 5.91 Å². The van der Waals surface area contributed by atoms with Crippen LogP contribution in [0.3, 0.4) is 0 Å². The van der Waals surface area contributed by atoms with Crippen LogP contribution in [-0.4, -0.2) is 35.3 Å². The number of hydrogen-bond donors (Lipinski definition) is 2. The first-order valence-corrected chi connectivity index (χ1v) is 8.80. The quantitative estimate of drug-likeness (QED) is 0.870. The maximum atomic E-state index is 13.1. The van der Waals surface area contributed by atoms with Crippen LogP contribution in [0, 0.1) is 11.7 Å². The minimum atomic E-state index is -0.222. The zero-order valence-electron chi connectivity index (χ0n) is 14.3. The fourth-order valence-electron chi connectivity index (χ4n) is 3.85. The number of nitrogens with one attached hydrogen (secondary N) is 2. The first kappa shape index (κ1) is 16.3. The van der Waals surface area contributed by atoms with Gasteiger partial charge in [0, 0.05) is 44.2 Å². The van der Waals surface area contributed by atoms with Crippen molar-refractivity contribution in [3.05, 3.63) is 53.6 Å². The highest BCUT2D eigenvalue weighted by molar-refractivity contribution is 5.80. The van der Waals surface area contributed by atoms with Crippen LogP contribution in [0.4, 0.5) is 4.39 Å². The van der Waals surface area contributed by atoms with Crippen molar-refractivity contribution in [2.24, 2.45) is 13.0 Å². The summed E-state index contributed by atoms with van der Waals surface area (Å²) in [5.74, 6) is -0.0462. The van der Waals surface area contributed by atoms with E-state index in [1.54, 1.807) is 4.68 Å². The van der Waals surface area contributed by atoms with E-state index < -0.39 is 0 Å². The van der Waals surface area contributed by atoms with Gasteiger partial charge in [-0.3, -0.25) is 9.48 Å². The third-order valence-corrected chi connectivity index (χ3v) is 5.62. The molecule has 132 valence electrons. The van der Waals surface area contributed by atoms with Gasteiger partial charge in [0.15, 0.2) is 0 Å². The molecule has 1 aromatic carbocycles. The minimum Gasteiger partial charge on any atom is -0.355 e. The van der Waals surface area contributed by atoms with Gasteiger partial charge in [-0.15, -0.1) is 0 Å². The number of rotatable bonds is 5. The van der Waals surface area contributed by atoms with Crippen molar-refractivity contribution >= 4 is 5.91 Å². The summed E-state index contributed by atoms with van der Waals surface area (Å²) in [7, 11) is 1.89. The molecular weight excluding hydrogens is 319 g/mol. The van der Waals surface area contributed by atoms with Gasteiger partial charge in [0.05, 0.1) is 12.1 Å². The molecule has 2 heterocycles. The monoisotopic (exact) mass is 342 g/mol. The molecule has 1 aliphatic heterocycles. The standard InChI is InChI=1S/C19H23FN4O/c1-24-11-13(8-23-24)16-9-21-10-17(16)18(25)22-12-19(6-7-19)14-2-4-15(20)5-3-14/h2-5,8,11,16-17,21H,6-7,9-10,12H2,1H3,(H,22,25)/t16-,17+/m1/s1. The van der Waals surface area contributed by atoms with Gasteiger partial charge in [-0.1, -0.05) is 12.1 Å². The van der Waals surface area contributed by atoms with E-state index in [1.165, 1.54) is 12.1 Å². The smallest absolute Gasteiger partial charge is 0.225 e. The van der Waals surface area contributed by atoms with Crippen molar-refractivity contribution in [3.63, 3.8) is 0 Å². The van der Waals surface area contributed by atoms with Crippen LogP contribution in [0.25, 0.3) is 0 Å². The van der Waals surface area contributed by atoms with E-state index in [1.807, 2.05) is 31.6 Å². The van der Waals surface area contributed by atoms with Crippen molar-refractivity contribution in [1.29, 1.82) is 0 Å². The van der Waals surface area contributed by atoms with Gasteiger partial charge in [-0.2, -0.15) is 5.10 Å². The number of halogens is 1. The van der Waals surface area contributed by atoms with Crippen LogP contribution in [0.15, 0.2) is 36.7 Å². The molecule has 4 rings (SSSR count). The molecule has 2 atom stereocenters. The molecule has 2 aliphatic rings. The topological polar surface area (TPSA) is 59.0 Å². The Morgan fingerprint density at radius 1 is 1.36 bits per heavy atom. The van der Waals surface area contributed by atoms with Crippen molar-refractivity contribution in [2.45, 2.75) is 24.2 Å². The summed E-state index contributed by atoms with van der Waals surface area (Å²) >= 11 is 0. The molecule has 0 unspecified atom stereocenters. The summed E-state index contributed by atoms with van der Waals surface area (Å²) in [6, 6.07) is 6.67. The molecule has 1 saturated heterocycles. The number of nitrogens with zero attached hydrogens (tertiary/aromatic N) is 2. The molecule has 5 nitrogen and oxygen atoms in total. The van der Waals surface area contributed by atoms with Crippen LogP contribution < -0.4 is 10.6 Å². The van der Waals surface area contributed by atoms with E-state index in [0.717, 1.165) is 30.5 Å². The Balaban J connectivity index is 1.41. The fraction of sp³-hybridized carbons (Fsp3) is 0.474. The third kappa shape index (κ3) is 3.18. The van der Waals surface area contributed by atoms with Gasteiger partial charge >= 0.3 is 0 Å². The molecular formula is C19H23FN4O. The largest absolute Gasteiger partial charge is 0.355 e. The number of aryl methyl sites for hydroxylation is 1. The molecule has 0 spiro atoms. The number of amides is 1. The maximum absolute atomic E-state index is 13.1. The Labute approximate surface area is 146 Å². The number of benzene rings is 1. The summed E-state index contributed by atoms with van der Waals surface area (Å²) < 4.78 is 14.9. The second kappa shape index (κ2) is 6.26. The number of hydrogen-bond acceptors (Lipinski definition) is 3. The van der Waals surface area contributed by atoms with Gasteiger partial charge < -0.3 is 10.6 Å². The van der Waals surface area contributed by atoms with Gasteiger partial charge in [-0.25, -0.2) is 4.39 Å². The Morgan fingerprint density at radius 2 is 2.12 bits per heavy atom. The van der Waals surface area contributed by atoms with Crippen LogP contribution in [-0.2, 0) is 17.3 Å². The second-order valence-electron chi connectivity index (χ2n) is 7.32. The Bertz CT molecular complexity index is 766. The molecule has 2 aromatic rings. The highest BCUT2D eigenvalue weighted by atomic mass is 19.1. The first-order chi connectivity index (χ1) is 12.1. The third-order valence-electron chi connectivity index (χ3n) is 5.62. The van der Waals surface area contributed by atoms with Gasteiger partial charge in [0.25, 0.3) is 0 Å². The van der Waals surface area contributed by atoms with Gasteiger partial charge in [-0.05, 0) is 36.1 Å². The molecule has 1 aromatic heterocycles. The SMILES string of the molecule is Cn1cc([C@H]2CNC[C@@H]2C(=O)NCC2(c3ccc(F)cc3)CC2)cn1. The van der Waals surface area contributed by atoms with Crippen LogP contribution in [0.5, 0.6) is 0 Å². The van der Waals surface area contributed by atoms with E-state index in [4.69, 9.17) is 0 Å². The van der Waals surface area contributed by atoms with E-state index in [-0.39, 0.29) is 29.0 Å². The predicted molar refractivity (Wildman–Crippen MR) is 92.6 cm³/mol. The lowest BCUT2D eigenvalue weighted by Gasteiger charge is -2.21. The summed E-state index contributed by atoms with van der Waals surface area (Å²) in [5, 5.41) is 10.7. The average molecular weight is 342 g/mol. The second-order valence-corrected chi connectivity index (χ2v) is 7.32. The molecule has 25 heavy (non-hydrogen) atoms. The molecule has 2 N–H and O–H groups in total. The molecule has 2 fully saturated rings. The average Bonchev–Trinajstić information content (AvgIpc) is 3.03. The molecule has 1 amide bonds. The minimum absolute atomic E-state index is 0.0147. The van der Waals surface area contributed by atoms with Crippen LogP contribution >= 0.6 is 0 Å². The molecule has 1 aliphatic carbocycles. The van der Waals surface area contributed by atoms with E-state index >= 15 is 0 Å². The van der Waals surface area contributed by atoms with E-state index in [0.29, 0.717) is 13.1 Å². The zero-order valence-corrected chi connectivity index (χ0v) is 14.3. The number of aromatic nitrogens is 2. The van der Waals surface area contributed by atoms with Crippen LogP contribution in [0.2, 0.25) is 0 Å². The number of carbonyl (C=O) groups is 1. The lowest BCUT2D eigenvalue weighted by Crippen LogP contribution is -2.38. The van der Waals surface area contributed by atoms with E-state index in [9.17, 15) is 9.18 Å². The summed E-state index contributed by atoms with van der Waals surface area (Å²) in [6.45, 7) is 2.11. The lowest BCUT2D eigenvalue weighted by atomic mass is 9.89. The van der Waals surface area contributed by atoms with Gasteiger partial charge in [0.1, 0.15) is 5.82 Å². The zero-order chi connectivity index (χ0) is 17.4. The summed E-state index contributed by atoms with van der Waals surface area (Å²) in [4.78, 5) is 12.8. The molecule has 0 radical (unpaired) electrons. The van der Waals surface area contributed by atoms with Crippen molar-refractivity contribution in [2.75, 3.05) is 19.6 Å². The highest BCUT2D eigenvalue weighted by Crippen LogP contribution is 2.47. The molecule has 6 heteroatoms. The van der Waals surface area contributed by atoms with Crippen molar-refractivity contribution < 1.29 is 9.18 Å². The molecule has 1 saturated carbocycles. The Hall–Kier alpha value is -2.21. The van der Waals surface area contributed by atoms with Crippen molar-refractivity contribution in [3.8, 4) is 0 Å². The first-order valence-electron chi connectivity index (χ1n) is 8.80. The number of carbonyl (C=O) groups excluding carboxylic acids is 1. The lowest BCUT2D eigenvalue weighted by molar-refractivity contribution is -0.124.